The zero-order chi connectivity index (χ0) is 20.3. The SMILES string of the molecule is CCCCCCCOc1ccc(-c2ccc(C(=O)NCc3ccco3)cc2)cc1. The molecule has 0 bridgehead atoms. The van der Waals surface area contributed by atoms with Crippen LogP contribution in [0.2, 0.25) is 0 Å². The van der Waals surface area contributed by atoms with Gasteiger partial charge in [0.05, 0.1) is 19.4 Å². The van der Waals surface area contributed by atoms with Crippen LogP contribution in [-0.2, 0) is 6.54 Å². The summed E-state index contributed by atoms with van der Waals surface area (Å²) in [5.74, 6) is 1.52. The molecule has 1 N–H and O–H groups in total. The van der Waals surface area contributed by atoms with Crippen molar-refractivity contribution >= 4 is 5.91 Å². The maximum atomic E-state index is 12.2. The number of amides is 1. The molecule has 0 radical (unpaired) electrons. The minimum atomic E-state index is -0.115. The molecule has 1 heterocycles. The Kier molecular flexibility index (Phi) is 7.93. The monoisotopic (exact) mass is 391 g/mol. The molecule has 29 heavy (non-hydrogen) atoms. The number of hydrogen-bond acceptors (Lipinski definition) is 3. The first kappa shape index (κ1) is 20.7. The molecule has 3 rings (SSSR count). The van der Waals surface area contributed by atoms with Crippen molar-refractivity contribution < 1.29 is 13.9 Å². The van der Waals surface area contributed by atoms with Crippen LogP contribution in [0.1, 0.15) is 55.1 Å². The maximum absolute atomic E-state index is 12.2. The Hall–Kier alpha value is -3.01. The Balaban J connectivity index is 1.48. The number of hydrogen-bond donors (Lipinski definition) is 1. The minimum absolute atomic E-state index is 0.115. The normalized spacial score (nSPS) is 10.7. The number of carbonyl (C=O) groups is 1. The van der Waals surface area contributed by atoms with Crippen molar-refractivity contribution in [1.82, 2.24) is 5.32 Å². The van der Waals surface area contributed by atoms with Gasteiger partial charge >= 0.3 is 0 Å². The Morgan fingerprint density at radius 3 is 2.24 bits per heavy atom. The van der Waals surface area contributed by atoms with Crippen molar-refractivity contribution in [3.63, 3.8) is 0 Å². The van der Waals surface area contributed by atoms with Crippen LogP contribution in [0, 0.1) is 0 Å². The predicted molar refractivity (Wildman–Crippen MR) is 116 cm³/mol. The highest BCUT2D eigenvalue weighted by Gasteiger charge is 2.07. The van der Waals surface area contributed by atoms with E-state index in [0.29, 0.717) is 12.1 Å². The van der Waals surface area contributed by atoms with Gasteiger partial charge < -0.3 is 14.5 Å². The third-order valence-electron chi connectivity index (χ3n) is 4.85. The first-order chi connectivity index (χ1) is 14.3. The molecule has 0 spiro atoms. The lowest BCUT2D eigenvalue weighted by atomic mass is 10.0. The van der Waals surface area contributed by atoms with Crippen molar-refractivity contribution in [1.29, 1.82) is 0 Å². The van der Waals surface area contributed by atoms with Gasteiger partial charge in [-0.3, -0.25) is 4.79 Å². The fourth-order valence-corrected chi connectivity index (χ4v) is 3.14. The lowest BCUT2D eigenvalue weighted by Gasteiger charge is -2.08. The Labute approximate surface area is 172 Å². The van der Waals surface area contributed by atoms with Gasteiger partial charge in [0, 0.05) is 5.56 Å². The highest BCUT2D eigenvalue weighted by Crippen LogP contribution is 2.23. The van der Waals surface area contributed by atoms with Crippen LogP contribution in [0.5, 0.6) is 5.75 Å². The van der Waals surface area contributed by atoms with E-state index >= 15 is 0 Å². The largest absolute Gasteiger partial charge is 0.494 e. The molecule has 0 aliphatic heterocycles. The second-order valence-electron chi connectivity index (χ2n) is 7.13. The molecule has 4 heteroatoms. The van der Waals surface area contributed by atoms with Gasteiger partial charge in [0.15, 0.2) is 0 Å². The highest BCUT2D eigenvalue weighted by atomic mass is 16.5. The van der Waals surface area contributed by atoms with E-state index < -0.39 is 0 Å². The molecule has 0 fully saturated rings. The van der Waals surface area contributed by atoms with E-state index in [4.69, 9.17) is 9.15 Å². The standard InChI is InChI=1S/C25H29NO3/c1-2-3-4-5-6-17-28-23-15-13-21(14-16-23)20-9-11-22(12-10-20)25(27)26-19-24-8-7-18-29-24/h7-16,18H,2-6,17,19H2,1H3,(H,26,27). The molecule has 3 aromatic rings. The van der Waals surface area contributed by atoms with Gasteiger partial charge in [0.2, 0.25) is 0 Å². The van der Waals surface area contributed by atoms with Gasteiger partial charge in [0.1, 0.15) is 11.5 Å². The summed E-state index contributed by atoms with van der Waals surface area (Å²) in [6.07, 6.45) is 7.78. The zero-order valence-corrected chi connectivity index (χ0v) is 17.0. The molecular weight excluding hydrogens is 362 g/mol. The average molecular weight is 392 g/mol. The summed E-state index contributed by atoms with van der Waals surface area (Å²) in [4.78, 5) is 12.2. The third kappa shape index (κ3) is 6.53. The van der Waals surface area contributed by atoms with E-state index in [1.54, 1.807) is 12.3 Å². The molecule has 0 saturated carbocycles. The predicted octanol–water partition coefficient (Wildman–Crippen LogP) is 6.23. The molecule has 1 amide bonds. The van der Waals surface area contributed by atoms with Crippen LogP contribution >= 0.6 is 0 Å². The fourth-order valence-electron chi connectivity index (χ4n) is 3.14. The van der Waals surface area contributed by atoms with Crippen molar-refractivity contribution in [2.75, 3.05) is 6.61 Å². The molecule has 0 saturated heterocycles. The molecule has 1 aromatic heterocycles. The van der Waals surface area contributed by atoms with Gasteiger partial charge in [-0.2, -0.15) is 0 Å². The van der Waals surface area contributed by atoms with Gasteiger partial charge in [-0.15, -0.1) is 0 Å². The number of unbranched alkanes of at least 4 members (excludes halogenated alkanes) is 4. The van der Waals surface area contributed by atoms with Gasteiger partial charge in [0.25, 0.3) is 5.91 Å². The molecule has 0 atom stereocenters. The van der Waals surface area contributed by atoms with Crippen molar-refractivity contribution in [2.24, 2.45) is 0 Å². The molecule has 0 aliphatic rings. The summed E-state index contributed by atoms with van der Waals surface area (Å²) < 4.78 is 11.1. The van der Waals surface area contributed by atoms with Crippen LogP contribution in [0.25, 0.3) is 11.1 Å². The summed E-state index contributed by atoms with van der Waals surface area (Å²) in [5.41, 5.74) is 2.80. The fraction of sp³-hybridized carbons (Fsp3) is 0.320. The Morgan fingerprint density at radius 2 is 1.59 bits per heavy atom. The van der Waals surface area contributed by atoms with Crippen molar-refractivity contribution in [3.05, 3.63) is 78.3 Å². The number of benzene rings is 2. The van der Waals surface area contributed by atoms with Gasteiger partial charge in [-0.05, 0) is 53.9 Å². The summed E-state index contributed by atoms with van der Waals surface area (Å²) in [6.45, 7) is 3.38. The Bertz CT molecular complexity index is 852. The van der Waals surface area contributed by atoms with Crippen LogP contribution in [0.15, 0.2) is 71.3 Å². The second-order valence-corrected chi connectivity index (χ2v) is 7.13. The second kappa shape index (κ2) is 11.1. The minimum Gasteiger partial charge on any atom is -0.494 e. The number of carbonyl (C=O) groups excluding carboxylic acids is 1. The topological polar surface area (TPSA) is 51.5 Å². The van der Waals surface area contributed by atoms with E-state index in [2.05, 4.69) is 24.4 Å². The van der Waals surface area contributed by atoms with Crippen LogP contribution in [-0.4, -0.2) is 12.5 Å². The van der Waals surface area contributed by atoms with Gasteiger partial charge in [-0.25, -0.2) is 0 Å². The smallest absolute Gasteiger partial charge is 0.251 e. The van der Waals surface area contributed by atoms with Crippen molar-refractivity contribution in [2.45, 2.75) is 45.6 Å². The first-order valence-corrected chi connectivity index (χ1v) is 10.4. The zero-order valence-electron chi connectivity index (χ0n) is 17.0. The number of nitrogens with one attached hydrogen (secondary N) is 1. The number of furan rings is 1. The maximum Gasteiger partial charge on any atom is 0.251 e. The van der Waals surface area contributed by atoms with Crippen LogP contribution < -0.4 is 10.1 Å². The molecule has 152 valence electrons. The summed E-state index contributed by atoms with van der Waals surface area (Å²) >= 11 is 0. The van der Waals surface area contributed by atoms with Gasteiger partial charge in [-0.1, -0.05) is 56.9 Å². The quantitative estimate of drug-likeness (QED) is 0.394. The lowest BCUT2D eigenvalue weighted by molar-refractivity contribution is 0.0948. The average Bonchev–Trinajstić information content (AvgIpc) is 3.29. The number of ether oxygens (including phenoxy) is 1. The molecule has 2 aromatic carbocycles. The third-order valence-corrected chi connectivity index (χ3v) is 4.85. The highest BCUT2D eigenvalue weighted by molar-refractivity contribution is 5.94. The summed E-state index contributed by atoms with van der Waals surface area (Å²) in [5, 5.41) is 2.85. The lowest BCUT2D eigenvalue weighted by Crippen LogP contribution is -2.22. The molecule has 0 aliphatic carbocycles. The molecular formula is C25H29NO3. The van der Waals surface area contributed by atoms with E-state index in [1.807, 2.05) is 42.5 Å². The van der Waals surface area contributed by atoms with E-state index in [-0.39, 0.29) is 5.91 Å². The van der Waals surface area contributed by atoms with Crippen molar-refractivity contribution in [3.8, 4) is 16.9 Å². The summed E-state index contributed by atoms with van der Waals surface area (Å²) in [7, 11) is 0. The molecule has 0 unspecified atom stereocenters. The van der Waals surface area contributed by atoms with E-state index in [9.17, 15) is 4.79 Å². The first-order valence-electron chi connectivity index (χ1n) is 10.4. The summed E-state index contributed by atoms with van der Waals surface area (Å²) in [6, 6.07) is 19.4. The molecule has 4 nitrogen and oxygen atoms in total. The Morgan fingerprint density at radius 1 is 0.897 bits per heavy atom. The van der Waals surface area contributed by atoms with Crippen LogP contribution in [0.3, 0.4) is 0 Å². The van der Waals surface area contributed by atoms with E-state index in [0.717, 1.165) is 35.7 Å². The van der Waals surface area contributed by atoms with Crippen LogP contribution in [0.4, 0.5) is 0 Å². The number of rotatable bonds is 11. The van der Waals surface area contributed by atoms with E-state index in [1.165, 1.54) is 25.7 Å².